The summed E-state index contributed by atoms with van der Waals surface area (Å²) < 4.78 is 24.1. The molecule has 0 radical (unpaired) electrons. The van der Waals surface area contributed by atoms with Gasteiger partial charge in [0.15, 0.2) is 0 Å². The van der Waals surface area contributed by atoms with Crippen molar-refractivity contribution in [3.05, 3.63) is 0 Å². The van der Waals surface area contributed by atoms with E-state index in [1.165, 1.54) is 30.8 Å². The first-order valence-electron chi connectivity index (χ1n) is 5.97. The summed E-state index contributed by atoms with van der Waals surface area (Å²) in [6, 6.07) is -1.43. The van der Waals surface area contributed by atoms with Gasteiger partial charge >= 0.3 is 12.0 Å². The molecule has 0 aromatic heterocycles. The summed E-state index contributed by atoms with van der Waals surface area (Å²) in [6.45, 7) is 1.68. The van der Waals surface area contributed by atoms with E-state index in [0.717, 1.165) is 4.31 Å². The van der Waals surface area contributed by atoms with Crippen LogP contribution in [-0.2, 0) is 14.8 Å². The van der Waals surface area contributed by atoms with Crippen molar-refractivity contribution in [3.63, 3.8) is 0 Å². The molecule has 1 heterocycles. The van der Waals surface area contributed by atoms with E-state index in [2.05, 4.69) is 5.32 Å². The molecule has 20 heavy (non-hydrogen) atoms. The van der Waals surface area contributed by atoms with Gasteiger partial charge in [-0.1, -0.05) is 0 Å². The van der Waals surface area contributed by atoms with Gasteiger partial charge in [0.05, 0.1) is 11.1 Å². The Balaban J connectivity index is 2.56. The minimum Gasteiger partial charge on any atom is -0.480 e. The number of amides is 2. The lowest BCUT2D eigenvalue weighted by atomic mass is 10.3. The summed E-state index contributed by atoms with van der Waals surface area (Å²) in [6.07, 6.45) is 0. The Hall–Kier alpha value is -1.00. The molecule has 1 rings (SSSR count). The fourth-order valence-corrected chi connectivity index (χ4v) is 3.59. The highest BCUT2D eigenvalue weighted by Crippen LogP contribution is 2.28. The zero-order chi connectivity index (χ0) is 15.5. The zero-order valence-electron chi connectivity index (χ0n) is 11.6. The molecular formula is C10H19N3O5S2. The number of carbonyl (C=O) groups is 2. The normalized spacial score (nSPS) is 23.1. The number of nitrogens with one attached hydrogen (secondary N) is 1. The molecule has 2 atom stereocenters. The van der Waals surface area contributed by atoms with Crippen molar-refractivity contribution in [3.8, 4) is 0 Å². The van der Waals surface area contributed by atoms with Gasteiger partial charge in [-0.15, -0.1) is 11.8 Å². The number of carbonyl (C=O) groups excluding carboxylic acids is 1. The Morgan fingerprint density at radius 1 is 1.45 bits per heavy atom. The quantitative estimate of drug-likeness (QED) is 0.701. The molecule has 0 spiro atoms. The van der Waals surface area contributed by atoms with Crippen LogP contribution in [-0.4, -0.2) is 78.3 Å². The maximum atomic E-state index is 12.0. The SMILES string of the molecule is CC1SCC(C(=O)O)N1C(=O)NCCS(=O)(=O)N(C)C. The molecule has 8 nitrogen and oxygen atoms in total. The molecule has 1 fully saturated rings. The third kappa shape index (κ3) is 4.00. The van der Waals surface area contributed by atoms with Crippen LogP contribution in [0.1, 0.15) is 6.92 Å². The van der Waals surface area contributed by atoms with Crippen LogP contribution < -0.4 is 5.32 Å². The minimum atomic E-state index is -3.38. The van der Waals surface area contributed by atoms with E-state index in [0.29, 0.717) is 5.75 Å². The van der Waals surface area contributed by atoms with Gasteiger partial charge in [0.25, 0.3) is 0 Å². The van der Waals surface area contributed by atoms with Crippen LogP contribution in [0.25, 0.3) is 0 Å². The molecule has 2 amide bonds. The average molecular weight is 325 g/mol. The molecule has 2 unspecified atom stereocenters. The molecule has 10 heteroatoms. The molecule has 0 saturated carbocycles. The van der Waals surface area contributed by atoms with Gasteiger partial charge in [-0.2, -0.15) is 0 Å². The largest absolute Gasteiger partial charge is 0.480 e. The van der Waals surface area contributed by atoms with E-state index in [1.54, 1.807) is 6.92 Å². The molecule has 2 N–H and O–H groups in total. The second-order valence-electron chi connectivity index (χ2n) is 4.52. The summed E-state index contributed by atoms with van der Waals surface area (Å²) in [5.74, 6) is -0.948. The molecular weight excluding hydrogens is 306 g/mol. The van der Waals surface area contributed by atoms with Gasteiger partial charge in [-0.25, -0.2) is 22.3 Å². The third-order valence-corrected chi connectivity index (χ3v) is 5.99. The first-order chi connectivity index (χ1) is 9.16. The summed E-state index contributed by atoms with van der Waals surface area (Å²) >= 11 is 1.37. The molecule has 1 aliphatic rings. The van der Waals surface area contributed by atoms with Crippen molar-refractivity contribution < 1.29 is 23.1 Å². The molecule has 0 bridgehead atoms. The monoisotopic (exact) mass is 325 g/mol. The smallest absolute Gasteiger partial charge is 0.327 e. The highest BCUT2D eigenvalue weighted by atomic mass is 32.2. The van der Waals surface area contributed by atoms with E-state index >= 15 is 0 Å². The highest BCUT2D eigenvalue weighted by Gasteiger charge is 2.39. The minimum absolute atomic E-state index is 0.0560. The van der Waals surface area contributed by atoms with Crippen molar-refractivity contribution in [1.29, 1.82) is 0 Å². The predicted octanol–water partition coefficient (Wildman–Crippen LogP) is -0.565. The maximum Gasteiger partial charge on any atom is 0.327 e. The first kappa shape index (κ1) is 17.1. The molecule has 1 saturated heterocycles. The number of aliphatic carboxylic acids is 1. The topological polar surface area (TPSA) is 107 Å². The van der Waals surface area contributed by atoms with Crippen molar-refractivity contribution in [2.75, 3.05) is 32.1 Å². The van der Waals surface area contributed by atoms with Crippen molar-refractivity contribution in [1.82, 2.24) is 14.5 Å². The highest BCUT2D eigenvalue weighted by molar-refractivity contribution is 8.00. The van der Waals surface area contributed by atoms with E-state index in [4.69, 9.17) is 5.11 Å². The van der Waals surface area contributed by atoms with Crippen LogP contribution in [0.5, 0.6) is 0 Å². The number of thioether (sulfide) groups is 1. The van der Waals surface area contributed by atoms with Gasteiger partial charge in [-0.3, -0.25) is 4.90 Å². The Labute approximate surface area is 122 Å². The van der Waals surface area contributed by atoms with E-state index < -0.39 is 28.1 Å². The molecule has 0 aromatic rings. The van der Waals surface area contributed by atoms with Gasteiger partial charge in [0.1, 0.15) is 6.04 Å². The fourth-order valence-electron chi connectivity index (χ4n) is 1.70. The van der Waals surface area contributed by atoms with Crippen LogP contribution in [0.3, 0.4) is 0 Å². The van der Waals surface area contributed by atoms with Crippen molar-refractivity contribution >= 4 is 33.8 Å². The lowest BCUT2D eigenvalue weighted by Gasteiger charge is -2.25. The Kier molecular flexibility index (Phi) is 5.66. The van der Waals surface area contributed by atoms with Crippen LogP contribution in [0, 0.1) is 0 Å². The first-order valence-corrected chi connectivity index (χ1v) is 8.63. The lowest BCUT2D eigenvalue weighted by molar-refractivity contribution is -0.141. The maximum absolute atomic E-state index is 12.0. The number of sulfonamides is 1. The summed E-state index contributed by atoms with van der Waals surface area (Å²) in [5, 5.41) is 11.2. The van der Waals surface area contributed by atoms with E-state index in [9.17, 15) is 18.0 Å². The number of carboxylic acids is 1. The number of hydrogen-bond acceptors (Lipinski definition) is 5. The molecule has 0 aromatic carbocycles. The van der Waals surface area contributed by atoms with Crippen LogP contribution >= 0.6 is 11.8 Å². The molecule has 1 aliphatic heterocycles. The van der Waals surface area contributed by atoms with Crippen LogP contribution in [0.15, 0.2) is 0 Å². The second-order valence-corrected chi connectivity index (χ2v) is 8.18. The molecule has 116 valence electrons. The molecule has 0 aliphatic carbocycles. The van der Waals surface area contributed by atoms with Gasteiger partial charge < -0.3 is 10.4 Å². The van der Waals surface area contributed by atoms with Gasteiger partial charge in [-0.05, 0) is 6.92 Å². The van der Waals surface area contributed by atoms with Gasteiger partial charge in [0, 0.05) is 26.4 Å². The summed E-state index contributed by atoms with van der Waals surface area (Å²) in [7, 11) is -0.555. The number of nitrogens with zero attached hydrogens (tertiary/aromatic N) is 2. The average Bonchev–Trinajstić information content (AvgIpc) is 2.70. The Morgan fingerprint density at radius 3 is 2.55 bits per heavy atom. The van der Waals surface area contributed by atoms with Crippen molar-refractivity contribution in [2.45, 2.75) is 18.3 Å². The van der Waals surface area contributed by atoms with Gasteiger partial charge in [0.2, 0.25) is 10.0 Å². The van der Waals surface area contributed by atoms with Crippen molar-refractivity contribution in [2.24, 2.45) is 0 Å². The van der Waals surface area contributed by atoms with Crippen LogP contribution in [0.4, 0.5) is 4.79 Å². The van der Waals surface area contributed by atoms with Crippen LogP contribution in [0.2, 0.25) is 0 Å². The number of hydrogen-bond donors (Lipinski definition) is 2. The fraction of sp³-hybridized carbons (Fsp3) is 0.800. The van der Waals surface area contributed by atoms with E-state index in [-0.39, 0.29) is 17.7 Å². The number of rotatable bonds is 5. The number of carboxylic acid groups (broad SMARTS) is 1. The summed E-state index contributed by atoms with van der Waals surface area (Å²) in [5.41, 5.74) is 0. The Morgan fingerprint density at radius 2 is 2.05 bits per heavy atom. The summed E-state index contributed by atoms with van der Waals surface area (Å²) in [4.78, 5) is 24.2. The van der Waals surface area contributed by atoms with E-state index in [1.807, 2.05) is 0 Å². The standard InChI is InChI=1S/C10H19N3O5S2/c1-7-13(8(6-19-7)9(14)15)10(16)11-4-5-20(17,18)12(2)3/h7-8H,4-6H2,1-3H3,(H,11,16)(H,14,15). The Bertz CT molecular complexity index is 479. The number of urea groups is 1. The third-order valence-electron chi connectivity index (χ3n) is 2.93. The lowest BCUT2D eigenvalue weighted by Crippen LogP contribution is -2.50. The predicted molar refractivity (Wildman–Crippen MR) is 76.1 cm³/mol. The second kappa shape index (κ2) is 6.64. The zero-order valence-corrected chi connectivity index (χ0v) is 13.2.